The summed E-state index contributed by atoms with van der Waals surface area (Å²) in [5, 5.41) is 10.8. The molecule has 1 aromatic carbocycles. The molecule has 0 amide bonds. The molecule has 3 atom stereocenters. The third-order valence-electron chi connectivity index (χ3n) is 3.70. The number of benzene rings is 1. The van der Waals surface area contributed by atoms with Crippen molar-refractivity contribution in [1.29, 1.82) is 0 Å². The van der Waals surface area contributed by atoms with Gasteiger partial charge in [0, 0.05) is 11.1 Å². The molecule has 1 aromatic rings. The van der Waals surface area contributed by atoms with Gasteiger partial charge in [-0.05, 0) is 55.4 Å². The quantitative estimate of drug-likeness (QED) is 0.859. The summed E-state index contributed by atoms with van der Waals surface area (Å²) in [6, 6.07) is 3.96. The van der Waals surface area contributed by atoms with Crippen LogP contribution >= 0.6 is 11.6 Å². The SMILES string of the molecule is CCC(N)C(O)CC(C)c1cc(C)c(C)cc1Cl. The molecule has 2 nitrogen and oxygen atoms in total. The Labute approximate surface area is 115 Å². The van der Waals surface area contributed by atoms with E-state index in [1.807, 2.05) is 13.0 Å². The molecular weight excluding hydrogens is 246 g/mol. The highest BCUT2D eigenvalue weighted by molar-refractivity contribution is 6.31. The van der Waals surface area contributed by atoms with E-state index in [1.54, 1.807) is 0 Å². The molecular formula is C15H24ClNO. The molecule has 1 rings (SSSR count). The molecule has 0 saturated carbocycles. The van der Waals surface area contributed by atoms with E-state index in [0.29, 0.717) is 6.42 Å². The maximum atomic E-state index is 10.00. The Morgan fingerprint density at radius 1 is 1.28 bits per heavy atom. The van der Waals surface area contributed by atoms with Gasteiger partial charge in [-0.15, -0.1) is 0 Å². The van der Waals surface area contributed by atoms with Crippen LogP contribution in [0.4, 0.5) is 0 Å². The van der Waals surface area contributed by atoms with Gasteiger partial charge in [0.15, 0.2) is 0 Å². The topological polar surface area (TPSA) is 46.2 Å². The smallest absolute Gasteiger partial charge is 0.0696 e. The third kappa shape index (κ3) is 3.71. The minimum atomic E-state index is -0.470. The monoisotopic (exact) mass is 269 g/mol. The van der Waals surface area contributed by atoms with Gasteiger partial charge < -0.3 is 10.8 Å². The fourth-order valence-corrected chi connectivity index (χ4v) is 2.52. The number of rotatable bonds is 5. The summed E-state index contributed by atoms with van der Waals surface area (Å²) in [4.78, 5) is 0. The van der Waals surface area contributed by atoms with E-state index in [-0.39, 0.29) is 12.0 Å². The summed E-state index contributed by atoms with van der Waals surface area (Å²) in [5.41, 5.74) is 9.38. The number of nitrogens with two attached hydrogens (primary N) is 1. The summed E-state index contributed by atoms with van der Waals surface area (Å²) >= 11 is 6.28. The molecule has 0 aliphatic carbocycles. The van der Waals surface area contributed by atoms with Gasteiger partial charge in [0.05, 0.1) is 6.10 Å². The first-order valence-corrected chi connectivity index (χ1v) is 6.94. The van der Waals surface area contributed by atoms with Crippen molar-refractivity contribution in [2.24, 2.45) is 5.73 Å². The number of halogens is 1. The average molecular weight is 270 g/mol. The molecule has 0 heterocycles. The zero-order chi connectivity index (χ0) is 13.9. The minimum Gasteiger partial charge on any atom is -0.391 e. The Balaban J connectivity index is 2.84. The molecule has 0 saturated heterocycles. The van der Waals surface area contributed by atoms with Crippen LogP contribution in [-0.2, 0) is 0 Å². The van der Waals surface area contributed by atoms with Crippen LogP contribution in [0.15, 0.2) is 12.1 Å². The first-order chi connectivity index (χ1) is 8.36. The Morgan fingerprint density at radius 2 is 1.83 bits per heavy atom. The Morgan fingerprint density at radius 3 is 2.39 bits per heavy atom. The van der Waals surface area contributed by atoms with Gasteiger partial charge in [-0.3, -0.25) is 0 Å². The zero-order valence-electron chi connectivity index (χ0n) is 11.7. The van der Waals surface area contributed by atoms with Crippen molar-refractivity contribution in [2.75, 3.05) is 0 Å². The highest BCUT2D eigenvalue weighted by Gasteiger charge is 2.19. The molecule has 102 valence electrons. The van der Waals surface area contributed by atoms with Crippen LogP contribution in [0.2, 0.25) is 5.02 Å². The van der Waals surface area contributed by atoms with Crippen molar-refractivity contribution >= 4 is 11.6 Å². The van der Waals surface area contributed by atoms with E-state index in [4.69, 9.17) is 17.3 Å². The third-order valence-corrected chi connectivity index (χ3v) is 4.03. The lowest BCUT2D eigenvalue weighted by molar-refractivity contribution is 0.126. The molecule has 0 fully saturated rings. The number of aryl methyl sites for hydroxylation is 2. The summed E-state index contributed by atoms with van der Waals surface area (Å²) in [7, 11) is 0. The van der Waals surface area contributed by atoms with Gasteiger partial charge in [0.25, 0.3) is 0 Å². The average Bonchev–Trinajstić information content (AvgIpc) is 2.32. The standard InChI is InChI=1S/C15H24ClNO/c1-5-14(17)15(18)8-11(4)12-6-9(2)10(3)7-13(12)16/h6-7,11,14-15,18H,5,8,17H2,1-4H3. The second kappa shape index (κ2) is 6.55. The first kappa shape index (κ1) is 15.5. The van der Waals surface area contributed by atoms with E-state index in [1.165, 1.54) is 11.1 Å². The highest BCUT2D eigenvalue weighted by Crippen LogP contribution is 2.30. The van der Waals surface area contributed by atoms with Gasteiger partial charge in [-0.1, -0.05) is 31.5 Å². The number of aliphatic hydroxyl groups is 1. The van der Waals surface area contributed by atoms with Crippen LogP contribution in [-0.4, -0.2) is 17.3 Å². The van der Waals surface area contributed by atoms with Crippen LogP contribution in [0.5, 0.6) is 0 Å². The summed E-state index contributed by atoms with van der Waals surface area (Å²) in [6.07, 6.45) is 0.967. The van der Waals surface area contributed by atoms with Crippen molar-refractivity contribution < 1.29 is 5.11 Å². The van der Waals surface area contributed by atoms with E-state index in [0.717, 1.165) is 17.0 Å². The summed E-state index contributed by atoms with van der Waals surface area (Å²) < 4.78 is 0. The highest BCUT2D eigenvalue weighted by atomic mass is 35.5. The van der Waals surface area contributed by atoms with Gasteiger partial charge in [-0.2, -0.15) is 0 Å². The van der Waals surface area contributed by atoms with E-state index in [9.17, 15) is 5.11 Å². The molecule has 3 unspecified atom stereocenters. The van der Waals surface area contributed by atoms with Crippen molar-refractivity contribution in [3.63, 3.8) is 0 Å². The predicted molar refractivity (Wildman–Crippen MR) is 78.2 cm³/mol. The summed E-state index contributed by atoms with van der Waals surface area (Å²) in [5.74, 6) is 0.212. The Kier molecular flexibility index (Phi) is 5.64. The number of hydrogen-bond donors (Lipinski definition) is 2. The van der Waals surface area contributed by atoms with Crippen molar-refractivity contribution in [3.05, 3.63) is 33.8 Å². The van der Waals surface area contributed by atoms with E-state index >= 15 is 0 Å². The lowest BCUT2D eigenvalue weighted by Gasteiger charge is -2.22. The normalized spacial score (nSPS) is 16.4. The second-order valence-electron chi connectivity index (χ2n) is 5.23. The van der Waals surface area contributed by atoms with E-state index in [2.05, 4.69) is 26.8 Å². The molecule has 0 radical (unpaired) electrons. The molecule has 18 heavy (non-hydrogen) atoms. The minimum absolute atomic E-state index is 0.155. The van der Waals surface area contributed by atoms with E-state index < -0.39 is 6.10 Å². The molecule has 0 spiro atoms. The molecule has 0 aromatic heterocycles. The molecule has 3 heteroatoms. The van der Waals surface area contributed by atoms with Crippen molar-refractivity contribution in [2.45, 2.75) is 58.6 Å². The summed E-state index contributed by atoms with van der Waals surface area (Å²) in [6.45, 7) is 8.21. The predicted octanol–water partition coefficient (Wildman–Crippen LogP) is 3.55. The van der Waals surface area contributed by atoms with Crippen LogP contribution in [0, 0.1) is 13.8 Å². The van der Waals surface area contributed by atoms with Gasteiger partial charge in [0.1, 0.15) is 0 Å². The van der Waals surface area contributed by atoms with Gasteiger partial charge in [0.2, 0.25) is 0 Å². The maximum Gasteiger partial charge on any atom is 0.0696 e. The first-order valence-electron chi connectivity index (χ1n) is 6.57. The molecule has 3 N–H and O–H groups in total. The molecule has 0 bridgehead atoms. The number of aliphatic hydroxyl groups excluding tert-OH is 1. The second-order valence-corrected chi connectivity index (χ2v) is 5.64. The molecule has 0 aliphatic rings. The van der Waals surface area contributed by atoms with Crippen molar-refractivity contribution in [1.82, 2.24) is 0 Å². The van der Waals surface area contributed by atoms with Crippen LogP contribution in [0.3, 0.4) is 0 Å². The Hall–Kier alpha value is -0.570. The maximum absolute atomic E-state index is 10.00. The zero-order valence-corrected chi connectivity index (χ0v) is 12.5. The lowest BCUT2D eigenvalue weighted by atomic mass is 9.90. The van der Waals surface area contributed by atoms with Crippen molar-refractivity contribution in [3.8, 4) is 0 Å². The van der Waals surface area contributed by atoms with Crippen LogP contribution < -0.4 is 5.73 Å². The largest absolute Gasteiger partial charge is 0.391 e. The fraction of sp³-hybridized carbons (Fsp3) is 0.600. The van der Waals surface area contributed by atoms with Crippen LogP contribution in [0.25, 0.3) is 0 Å². The van der Waals surface area contributed by atoms with Crippen LogP contribution in [0.1, 0.15) is 49.3 Å². The fourth-order valence-electron chi connectivity index (χ4n) is 2.12. The molecule has 0 aliphatic heterocycles. The lowest BCUT2D eigenvalue weighted by Crippen LogP contribution is -2.34. The van der Waals surface area contributed by atoms with Gasteiger partial charge in [-0.25, -0.2) is 0 Å². The number of hydrogen-bond acceptors (Lipinski definition) is 2. The Bertz CT molecular complexity index is 406. The van der Waals surface area contributed by atoms with Gasteiger partial charge >= 0.3 is 0 Å².